The third kappa shape index (κ3) is 4.18. The van der Waals surface area contributed by atoms with Crippen molar-refractivity contribution in [2.24, 2.45) is 5.92 Å². The van der Waals surface area contributed by atoms with E-state index in [9.17, 15) is 9.59 Å². The van der Waals surface area contributed by atoms with E-state index < -0.39 is 0 Å². The Kier molecular flexibility index (Phi) is 5.77. The Labute approximate surface area is 162 Å². The lowest BCUT2D eigenvalue weighted by molar-refractivity contribution is -0.139. The highest BCUT2D eigenvalue weighted by Gasteiger charge is 2.36. The minimum absolute atomic E-state index is 0.0997. The molecular weight excluding hydrogens is 338 g/mol. The Hall–Kier alpha value is -1.88. The molecule has 0 N–H and O–H groups in total. The first kappa shape index (κ1) is 18.5. The van der Waals surface area contributed by atoms with E-state index in [1.165, 1.54) is 32.1 Å². The van der Waals surface area contributed by atoms with Gasteiger partial charge in [-0.1, -0.05) is 31.0 Å². The average molecular weight is 370 g/mol. The highest BCUT2D eigenvalue weighted by molar-refractivity contribution is 5.94. The first-order valence-corrected chi connectivity index (χ1v) is 10.6. The van der Waals surface area contributed by atoms with Crippen LogP contribution in [0.25, 0.3) is 0 Å². The van der Waals surface area contributed by atoms with Gasteiger partial charge in [0.05, 0.1) is 6.54 Å². The van der Waals surface area contributed by atoms with Crippen molar-refractivity contribution < 1.29 is 9.59 Å². The van der Waals surface area contributed by atoms with E-state index in [2.05, 4.69) is 9.80 Å². The van der Waals surface area contributed by atoms with Crippen molar-refractivity contribution in [2.75, 3.05) is 39.3 Å². The smallest absolute Gasteiger partial charge is 0.253 e. The number of carbonyl (C=O) groups is 2. The van der Waals surface area contributed by atoms with Gasteiger partial charge in [-0.3, -0.25) is 14.5 Å². The maximum Gasteiger partial charge on any atom is 0.253 e. The minimum atomic E-state index is 0.0997. The molecule has 5 heteroatoms. The molecule has 5 nitrogen and oxygen atoms in total. The van der Waals surface area contributed by atoms with E-state index in [0.29, 0.717) is 31.6 Å². The lowest BCUT2D eigenvalue weighted by Gasteiger charge is -2.45. The SMILES string of the molecule is O=C(c1ccccc1)N1CCN(CC(=O)N2CCC[C@@H]3CCCC[C@@H]32)CC1. The molecule has 0 bridgehead atoms. The van der Waals surface area contributed by atoms with Crippen molar-refractivity contribution in [3.63, 3.8) is 0 Å². The van der Waals surface area contributed by atoms with Crippen molar-refractivity contribution >= 4 is 11.8 Å². The molecule has 2 heterocycles. The van der Waals surface area contributed by atoms with Crippen molar-refractivity contribution in [2.45, 2.75) is 44.6 Å². The van der Waals surface area contributed by atoms with Gasteiger partial charge in [0, 0.05) is 44.3 Å². The van der Waals surface area contributed by atoms with Crippen LogP contribution in [0.3, 0.4) is 0 Å². The Morgan fingerprint density at radius 1 is 0.852 bits per heavy atom. The Balaban J connectivity index is 1.29. The summed E-state index contributed by atoms with van der Waals surface area (Å²) in [6.45, 7) is 4.42. The summed E-state index contributed by atoms with van der Waals surface area (Å²) in [5, 5.41) is 0. The van der Waals surface area contributed by atoms with E-state index in [1.807, 2.05) is 35.2 Å². The van der Waals surface area contributed by atoms with Gasteiger partial charge >= 0.3 is 0 Å². The Morgan fingerprint density at radius 2 is 1.56 bits per heavy atom. The summed E-state index contributed by atoms with van der Waals surface area (Å²) in [5.74, 6) is 1.13. The zero-order chi connectivity index (χ0) is 18.6. The molecule has 2 saturated heterocycles. The van der Waals surface area contributed by atoms with Gasteiger partial charge in [0.25, 0.3) is 5.91 Å². The first-order chi connectivity index (χ1) is 13.2. The van der Waals surface area contributed by atoms with Crippen molar-refractivity contribution in [1.82, 2.24) is 14.7 Å². The second-order valence-corrected chi connectivity index (χ2v) is 8.28. The monoisotopic (exact) mass is 369 g/mol. The topological polar surface area (TPSA) is 43.9 Å². The zero-order valence-electron chi connectivity index (χ0n) is 16.2. The quantitative estimate of drug-likeness (QED) is 0.823. The van der Waals surface area contributed by atoms with Crippen LogP contribution in [-0.2, 0) is 4.79 Å². The van der Waals surface area contributed by atoms with Crippen LogP contribution in [0.15, 0.2) is 30.3 Å². The summed E-state index contributed by atoms with van der Waals surface area (Å²) in [6, 6.07) is 9.96. The van der Waals surface area contributed by atoms with Gasteiger partial charge in [0.2, 0.25) is 5.91 Å². The van der Waals surface area contributed by atoms with Crippen LogP contribution in [0, 0.1) is 5.92 Å². The third-order valence-electron chi connectivity index (χ3n) is 6.60. The second-order valence-electron chi connectivity index (χ2n) is 8.28. The van der Waals surface area contributed by atoms with Crippen LogP contribution in [0.1, 0.15) is 48.9 Å². The van der Waals surface area contributed by atoms with Crippen LogP contribution in [-0.4, -0.2) is 71.8 Å². The van der Waals surface area contributed by atoms with Gasteiger partial charge in [0.15, 0.2) is 0 Å². The van der Waals surface area contributed by atoms with Gasteiger partial charge in [-0.05, 0) is 43.7 Å². The predicted molar refractivity (Wildman–Crippen MR) is 105 cm³/mol. The van der Waals surface area contributed by atoms with Gasteiger partial charge in [-0.2, -0.15) is 0 Å². The highest BCUT2D eigenvalue weighted by Crippen LogP contribution is 2.35. The summed E-state index contributed by atoms with van der Waals surface area (Å²) in [5.41, 5.74) is 0.749. The molecular formula is C22H31N3O2. The zero-order valence-corrected chi connectivity index (χ0v) is 16.2. The van der Waals surface area contributed by atoms with Gasteiger partial charge in [-0.25, -0.2) is 0 Å². The first-order valence-electron chi connectivity index (χ1n) is 10.6. The average Bonchev–Trinajstić information content (AvgIpc) is 2.74. The number of nitrogens with zero attached hydrogens (tertiary/aromatic N) is 3. The van der Waals surface area contributed by atoms with E-state index in [4.69, 9.17) is 0 Å². The number of carbonyl (C=O) groups excluding carboxylic acids is 2. The molecule has 4 rings (SSSR count). The molecule has 2 atom stereocenters. The Morgan fingerprint density at radius 3 is 2.33 bits per heavy atom. The van der Waals surface area contributed by atoms with Crippen LogP contribution < -0.4 is 0 Å². The molecule has 27 heavy (non-hydrogen) atoms. The van der Waals surface area contributed by atoms with Crippen LogP contribution in [0.4, 0.5) is 0 Å². The van der Waals surface area contributed by atoms with Gasteiger partial charge in [0.1, 0.15) is 0 Å². The van der Waals surface area contributed by atoms with Gasteiger partial charge < -0.3 is 9.80 Å². The van der Waals surface area contributed by atoms with E-state index >= 15 is 0 Å². The van der Waals surface area contributed by atoms with Crippen LogP contribution >= 0.6 is 0 Å². The number of piperazine rings is 1. The molecule has 0 radical (unpaired) electrons. The molecule has 1 aromatic rings. The van der Waals surface area contributed by atoms with Crippen molar-refractivity contribution in [1.29, 1.82) is 0 Å². The maximum absolute atomic E-state index is 13.0. The summed E-state index contributed by atoms with van der Waals surface area (Å²) < 4.78 is 0. The standard InChI is InChI=1S/C22H31N3O2/c26-21(25-12-6-10-18-7-4-5-11-20(18)25)17-23-13-15-24(16-14-23)22(27)19-8-2-1-3-9-19/h1-3,8-9,18,20H,4-7,10-17H2/t18-,20-/m0/s1. The number of rotatable bonds is 3. The van der Waals surface area contributed by atoms with Gasteiger partial charge in [-0.15, -0.1) is 0 Å². The molecule has 3 aliphatic rings. The predicted octanol–water partition coefficient (Wildman–Crippen LogP) is 2.63. The molecule has 3 fully saturated rings. The number of benzene rings is 1. The second kappa shape index (κ2) is 8.42. The maximum atomic E-state index is 13.0. The fourth-order valence-corrected chi connectivity index (χ4v) is 5.09. The molecule has 146 valence electrons. The van der Waals surface area contributed by atoms with Crippen molar-refractivity contribution in [3.05, 3.63) is 35.9 Å². The lowest BCUT2D eigenvalue weighted by Crippen LogP contribution is -2.55. The largest absolute Gasteiger partial charge is 0.338 e. The molecule has 0 aromatic heterocycles. The van der Waals surface area contributed by atoms with Crippen molar-refractivity contribution in [3.8, 4) is 0 Å². The number of fused-ring (bicyclic) bond motifs is 1. The number of likely N-dealkylation sites (tertiary alicyclic amines) is 1. The third-order valence-corrected chi connectivity index (χ3v) is 6.60. The van der Waals surface area contributed by atoms with E-state index in [1.54, 1.807) is 0 Å². The molecule has 1 aliphatic carbocycles. The normalized spacial score (nSPS) is 26.5. The fraction of sp³-hybridized carbons (Fsp3) is 0.636. The lowest BCUT2D eigenvalue weighted by atomic mass is 9.78. The molecule has 1 saturated carbocycles. The summed E-state index contributed by atoms with van der Waals surface area (Å²) in [6.07, 6.45) is 7.55. The number of amides is 2. The molecule has 2 aliphatic heterocycles. The molecule has 1 aromatic carbocycles. The van der Waals surface area contributed by atoms with Crippen LogP contribution in [0.2, 0.25) is 0 Å². The summed E-state index contributed by atoms with van der Waals surface area (Å²) in [7, 11) is 0. The van der Waals surface area contributed by atoms with E-state index in [-0.39, 0.29) is 5.91 Å². The molecule has 0 spiro atoms. The fourth-order valence-electron chi connectivity index (χ4n) is 5.09. The summed E-state index contributed by atoms with van der Waals surface area (Å²) in [4.78, 5) is 31.9. The highest BCUT2D eigenvalue weighted by atomic mass is 16.2. The Bertz CT molecular complexity index is 653. The number of hydrogen-bond acceptors (Lipinski definition) is 3. The van der Waals surface area contributed by atoms with E-state index in [0.717, 1.165) is 37.5 Å². The van der Waals surface area contributed by atoms with Crippen LogP contribution in [0.5, 0.6) is 0 Å². The summed E-state index contributed by atoms with van der Waals surface area (Å²) >= 11 is 0. The molecule has 0 unspecified atom stereocenters. The molecule has 2 amide bonds. The minimum Gasteiger partial charge on any atom is -0.338 e. The number of piperidine rings is 1. The number of hydrogen-bond donors (Lipinski definition) is 0.